The Balaban J connectivity index is 2.08. The van der Waals surface area contributed by atoms with Gasteiger partial charge in [-0.25, -0.2) is 13.2 Å². The van der Waals surface area contributed by atoms with Crippen molar-refractivity contribution in [2.24, 2.45) is 0 Å². The first-order valence-electron chi connectivity index (χ1n) is 6.54. The van der Waals surface area contributed by atoms with Gasteiger partial charge >= 0.3 is 5.97 Å². The van der Waals surface area contributed by atoms with E-state index in [1.165, 1.54) is 28.6 Å². The smallest absolute Gasteiger partial charge is 0.335 e. The monoisotopic (exact) mass is 337 g/mol. The molecule has 3 rings (SSSR count). The number of aromatic carboxylic acids is 1. The number of sulfonamides is 1. The molecule has 2 aromatic carbocycles. The number of carboxylic acids is 1. The lowest BCUT2D eigenvalue weighted by molar-refractivity contribution is 0.0696. The van der Waals surface area contributed by atoms with Crippen LogP contribution in [0.2, 0.25) is 5.02 Å². The third-order valence-corrected chi connectivity index (χ3v) is 5.61. The van der Waals surface area contributed by atoms with Gasteiger partial charge in [-0.3, -0.25) is 4.31 Å². The zero-order valence-electron chi connectivity index (χ0n) is 11.4. The Bertz CT molecular complexity index is 864. The predicted molar refractivity (Wildman–Crippen MR) is 83.1 cm³/mol. The van der Waals surface area contributed by atoms with Gasteiger partial charge in [-0.15, -0.1) is 0 Å². The Morgan fingerprint density at radius 1 is 1.18 bits per heavy atom. The van der Waals surface area contributed by atoms with E-state index in [9.17, 15) is 13.2 Å². The molecule has 1 aliphatic heterocycles. The molecule has 114 valence electrons. The summed E-state index contributed by atoms with van der Waals surface area (Å²) in [6.07, 6.45) is 0.602. The number of hydrogen-bond donors (Lipinski definition) is 1. The summed E-state index contributed by atoms with van der Waals surface area (Å²) in [6.45, 7) is 0.315. The van der Waals surface area contributed by atoms with Crippen molar-refractivity contribution in [3.63, 3.8) is 0 Å². The fraction of sp³-hybridized carbons (Fsp3) is 0.133. The van der Waals surface area contributed by atoms with E-state index < -0.39 is 16.0 Å². The predicted octanol–water partition coefficient (Wildman–Crippen LogP) is 2.79. The van der Waals surface area contributed by atoms with Gasteiger partial charge in [0, 0.05) is 11.6 Å². The van der Waals surface area contributed by atoms with Crippen LogP contribution >= 0.6 is 11.6 Å². The van der Waals surface area contributed by atoms with Gasteiger partial charge in [0.1, 0.15) is 0 Å². The number of fused-ring (bicyclic) bond motifs is 1. The molecule has 0 saturated heterocycles. The molecule has 0 radical (unpaired) electrons. The molecule has 0 aromatic heterocycles. The van der Waals surface area contributed by atoms with Crippen LogP contribution in [-0.4, -0.2) is 26.0 Å². The van der Waals surface area contributed by atoms with Crippen molar-refractivity contribution in [1.82, 2.24) is 0 Å². The van der Waals surface area contributed by atoms with Crippen molar-refractivity contribution in [3.8, 4) is 0 Å². The molecule has 1 N–H and O–H groups in total. The SMILES string of the molecule is O=C(O)c1cccc(S(=O)(=O)N2CCc3ccc(Cl)cc32)c1. The highest BCUT2D eigenvalue weighted by Crippen LogP contribution is 2.34. The summed E-state index contributed by atoms with van der Waals surface area (Å²) >= 11 is 5.95. The third kappa shape index (κ3) is 2.44. The summed E-state index contributed by atoms with van der Waals surface area (Å²) in [5, 5.41) is 9.47. The summed E-state index contributed by atoms with van der Waals surface area (Å²) in [6, 6.07) is 10.5. The van der Waals surface area contributed by atoms with Crippen LogP contribution in [0.3, 0.4) is 0 Å². The maximum absolute atomic E-state index is 12.8. The standard InChI is InChI=1S/C15H12ClNO4S/c16-12-5-4-10-6-7-17(14(10)9-12)22(20,21)13-3-1-2-11(8-13)15(18)19/h1-5,8-9H,6-7H2,(H,18,19). The van der Waals surface area contributed by atoms with Crippen molar-refractivity contribution in [2.45, 2.75) is 11.3 Å². The highest BCUT2D eigenvalue weighted by Gasteiger charge is 2.31. The topological polar surface area (TPSA) is 74.7 Å². The van der Waals surface area contributed by atoms with Gasteiger partial charge in [-0.05, 0) is 42.3 Å². The highest BCUT2D eigenvalue weighted by atomic mass is 35.5. The summed E-state index contributed by atoms with van der Waals surface area (Å²) in [5.74, 6) is -1.16. The fourth-order valence-corrected chi connectivity index (χ4v) is 4.20. The van der Waals surface area contributed by atoms with E-state index in [1.54, 1.807) is 18.2 Å². The summed E-state index contributed by atoms with van der Waals surface area (Å²) in [4.78, 5) is 11.0. The Kier molecular flexibility index (Phi) is 3.58. The summed E-state index contributed by atoms with van der Waals surface area (Å²) in [7, 11) is -3.81. The van der Waals surface area contributed by atoms with Gasteiger partial charge in [0.2, 0.25) is 0 Å². The second-order valence-corrected chi connectivity index (χ2v) is 7.23. The zero-order valence-corrected chi connectivity index (χ0v) is 12.9. The van der Waals surface area contributed by atoms with Crippen LogP contribution in [0.1, 0.15) is 15.9 Å². The Hall–Kier alpha value is -2.05. The second-order valence-electron chi connectivity index (χ2n) is 4.93. The largest absolute Gasteiger partial charge is 0.478 e. The molecule has 0 atom stereocenters. The molecule has 0 spiro atoms. The van der Waals surface area contributed by atoms with Crippen molar-refractivity contribution in [2.75, 3.05) is 10.8 Å². The first-order chi connectivity index (χ1) is 10.4. The van der Waals surface area contributed by atoms with E-state index in [4.69, 9.17) is 16.7 Å². The molecule has 0 aliphatic carbocycles. The van der Waals surface area contributed by atoms with Crippen molar-refractivity contribution >= 4 is 33.3 Å². The average Bonchev–Trinajstić information content (AvgIpc) is 2.91. The first kappa shape index (κ1) is 14.9. The summed E-state index contributed by atoms with van der Waals surface area (Å²) in [5.41, 5.74) is 1.39. The number of nitrogens with zero attached hydrogens (tertiary/aromatic N) is 1. The molecular weight excluding hydrogens is 326 g/mol. The van der Waals surface area contributed by atoms with E-state index in [0.29, 0.717) is 23.7 Å². The Morgan fingerprint density at radius 2 is 1.95 bits per heavy atom. The molecule has 22 heavy (non-hydrogen) atoms. The number of rotatable bonds is 3. The van der Waals surface area contributed by atoms with Gasteiger partial charge < -0.3 is 5.11 Å². The quantitative estimate of drug-likeness (QED) is 0.934. The molecule has 2 aromatic rings. The van der Waals surface area contributed by atoms with E-state index in [2.05, 4.69) is 0 Å². The number of carbonyl (C=O) groups is 1. The minimum atomic E-state index is -3.81. The molecule has 0 unspecified atom stereocenters. The molecule has 1 heterocycles. The highest BCUT2D eigenvalue weighted by molar-refractivity contribution is 7.92. The van der Waals surface area contributed by atoms with Crippen LogP contribution in [0, 0.1) is 0 Å². The lowest BCUT2D eigenvalue weighted by atomic mass is 10.2. The number of benzene rings is 2. The molecule has 0 fully saturated rings. The van der Waals surface area contributed by atoms with Crippen molar-refractivity contribution in [1.29, 1.82) is 0 Å². The van der Waals surface area contributed by atoms with E-state index in [1.807, 2.05) is 0 Å². The maximum atomic E-state index is 12.8. The van der Waals surface area contributed by atoms with Crippen LogP contribution < -0.4 is 4.31 Å². The zero-order chi connectivity index (χ0) is 15.9. The number of carboxylic acid groups (broad SMARTS) is 1. The third-order valence-electron chi connectivity index (χ3n) is 3.57. The number of halogens is 1. The van der Waals surface area contributed by atoms with Crippen LogP contribution in [-0.2, 0) is 16.4 Å². The second kappa shape index (κ2) is 5.30. The minimum Gasteiger partial charge on any atom is -0.478 e. The maximum Gasteiger partial charge on any atom is 0.335 e. The molecular formula is C15H12ClNO4S. The van der Waals surface area contributed by atoms with Crippen molar-refractivity contribution in [3.05, 3.63) is 58.6 Å². The van der Waals surface area contributed by atoms with E-state index >= 15 is 0 Å². The van der Waals surface area contributed by atoms with Crippen LogP contribution in [0.25, 0.3) is 0 Å². The van der Waals surface area contributed by atoms with E-state index in [0.717, 1.165) is 5.56 Å². The molecule has 7 heteroatoms. The van der Waals surface area contributed by atoms with Gasteiger partial charge in [-0.2, -0.15) is 0 Å². The van der Waals surface area contributed by atoms with Gasteiger partial charge in [0.05, 0.1) is 16.1 Å². The number of anilines is 1. The lowest BCUT2D eigenvalue weighted by Crippen LogP contribution is -2.29. The van der Waals surface area contributed by atoms with Gasteiger partial charge in [0.15, 0.2) is 0 Å². The molecule has 0 saturated carbocycles. The molecule has 1 aliphatic rings. The van der Waals surface area contributed by atoms with Crippen LogP contribution in [0.4, 0.5) is 5.69 Å². The number of hydrogen-bond acceptors (Lipinski definition) is 3. The van der Waals surface area contributed by atoms with Gasteiger partial charge in [0.25, 0.3) is 10.0 Å². The average molecular weight is 338 g/mol. The van der Waals surface area contributed by atoms with E-state index in [-0.39, 0.29) is 10.5 Å². The normalized spacial score (nSPS) is 14.0. The Labute approximate surface area is 132 Å². The van der Waals surface area contributed by atoms with Crippen molar-refractivity contribution < 1.29 is 18.3 Å². The molecule has 5 nitrogen and oxygen atoms in total. The Morgan fingerprint density at radius 3 is 2.68 bits per heavy atom. The lowest BCUT2D eigenvalue weighted by Gasteiger charge is -2.20. The van der Waals surface area contributed by atoms with Crippen LogP contribution in [0.15, 0.2) is 47.4 Å². The van der Waals surface area contributed by atoms with Crippen LogP contribution in [0.5, 0.6) is 0 Å². The minimum absolute atomic E-state index is 0.0415. The fourth-order valence-electron chi connectivity index (χ4n) is 2.49. The van der Waals surface area contributed by atoms with Gasteiger partial charge in [-0.1, -0.05) is 23.7 Å². The molecule has 0 bridgehead atoms. The summed E-state index contributed by atoms with van der Waals surface area (Å²) < 4.78 is 26.8. The molecule has 0 amide bonds. The first-order valence-corrected chi connectivity index (χ1v) is 8.36.